The summed E-state index contributed by atoms with van der Waals surface area (Å²) in [6.45, 7) is 0. The first-order chi connectivity index (χ1) is 9.51. The number of carboxylic acid groups (broad SMARTS) is 1. The number of methoxy groups -OCH3 is 1. The van der Waals surface area contributed by atoms with Crippen LogP contribution in [0.4, 0.5) is 5.69 Å². The number of amides is 1. The summed E-state index contributed by atoms with van der Waals surface area (Å²) in [6, 6.07) is 4.82. The number of carboxylic acids is 1. The van der Waals surface area contributed by atoms with Crippen LogP contribution in [0, 0.1) is 0 Å². The van der Waals surface area contributed by atoms with E-state index in [2.05, 4.69) is 5.32 Å². The number of rotatable bonds is 4. The van der Waals surface area contributed by atoms with Crippen LogP contribution in [0.25, 0.3) is 0 Å². The quantitative estimate of drug-likeness (QED) is 0.887. The Morgan fingerprint density at radius 2 is 2.10 bits per heavy atom. The maximum atomic E-state index is 12.0. The summed E-state index contributed by atoms with van der Waals surface area (Å²) < 4.78 is 10.2. The van der Waals surface area contributed by atoms with Crippen molar-refractivity contribution in [3.05, 3.63) is 23.2 Å². The first-order valence-electron chi connectivity index (χ1n) is 6.04. The summed E-state index contributed by atoms with van der Waals surface area (Å²) in [5.41, 5.74) is 0.513. The van der Waals surface area contributed by atoms with Gasteiger partial charge in [0.05, 0.1) is 12.1 Å². The van der Waals surface area contributed by atoms with Crippen LogP contribution in [0.2, 0.25) is 5.02 Å². The standard InChI is InChI=1S/C13H14ClNO5/c1-19-11-6-7(2-3-8(11)14)15-12(16)9-4-5-10(20-9)13(17)18/h2-3,6,9-10H,4-5H2,1H3,(H,15,16)(H,17,18)/t9-,10+/m0/s1. The summed E-state index contributed by atoms with van der Waals surface area (Å²) in [5, 5.41) is 11.9. The first-order valence-corrected chi connectivity index (χ1v) is 6.41. The number of aliphatic carboxylic acids is 1. The minimum atomic E-state index is -1.05. The molecule has 6 nitrogen and oxygen atoms in total. The molecule has 1 aliphatic rings. The fourth-order valence-electron chi connectivity index (χ4n) is 1.97. The van der Waals surface area contributed by atoms with Crippen LogP contribution in [0.5, 0.6) is 5.75 Å². The highest BCUT2D eigenvalue weighted by molar-refractivity contribution is 6.32. The minimum absolute atomic E-state index is 0.331. The van der Waals surface area contributed by atoms with Gasteiger partial charge in [-0.25, -0.2) is 4.79 Å². The van der Waals surface area contributed by atoms with Gasteiger partial charge in [0.25, 0.3) is 5.91 Å². The van der Waals surface area contributed by atoms with Gasteiger partial charge in [0.1, 0.15) is 11.9 Å². The molecule has 1 fully saturated rings. The molecule has 1 aromatic carbocycles. The number of carbonyl (C=O) groups excluding carboxylic acids is 1. The minimum Gasteiger partial charge on any atom is -0.495 e. The van der Waals surface area contributed by atoms with E-state index in [0.717, 1.165) is 0 Å². The summed E-state index contributed by atoms with van der Waals surface area (Å²) in [5.74, 6) is -0.980. The molecule has 7 heteroatoms. The Bertz CT molecular complexity index is 533. The van der Waals surface area contributed by atoms with Crippen molar-refractivity contribution < 1.29 is 24.2 Å². The highest BCUT2D eigenvalue weighted by Gasteiger charge is 2.34. The molecule has 2 N–H and O–H groups in total. The lowest BCUT2D eigenvalue weighted by atomic mass is 10.2. The van der Waals surface area contributed by atoms with Gasteiger partial charge in [-0.3, -0.25) is 4.79 Å². The number of ether oxygens (including phenoxy) is 2. The number of benzene rings is 1. The van der Waals surface area contributed by atoms with E-state index < -0.39 is 18.2 Å². The third-order valence-corrected chi connectivity index (χ3v) is 3.32. The fraction of sp³-hybridized carbons (Fsp3) is 0.385. The van der Waals surface area contributed by atoms with E-state index in [0.29, 0.717) is 29.3 Å². The van der Waals surface area contributed by atoms with E-state index in [4.69, 9.17) is 26.2 Å². The maximum absolute atomic E-state index is 12.0. The summed E-state index contributed by atoms with van der Waals surface area (Å²) in [6.07, 6.45) is -0.950. The Morgan fingerprint density at radius 1 is 1.40 bits per heavy atom. The number of halogens is 1. The Kier molecular flexibility index (Phi) is 4.46. The van der Waals surface area contributed by atoms with Crippen molar-refractivity contribution in [2.45, 2.75) is 25.0 Å². The van der Waals surface area contributed by atoms with Gasteiger partial charge < -0.3 is 19.9 Å². The van der Waals surface area contributed by atoms with Gasteiger partial charge in [0.2, 0.25) is 0 Å². The van der Waals surface area contributed by atoms with Crippen molar-refractivity contribution in [1.29, 1.82) is 0 Å². The third kappa shape index (κ3) is 3.20. The van der Waals surface area contributed by atoms with Crippen molar-refractivity contribution in [3.63, 3.8) is 0 Å². The second kappa shape index (κ2) is 6.11. The van der Waals surface area contributed by atoms with Gasteiger partial charge in [-0.2, -0.15) is 0 Å². The third-order valence-electron chi connectivity index (χ3n) is 3.01. The van der Waals surface area contributed by atoms with E-state index in [9.17, 15) is 9.59 Å². The number of carbonyl (C=O) groups is 2. The van der Waals surface area contributed by atoms with E-state index in [1.165, 1.54) is 7.11 Å². The second-order valence-electron chi connectivity index (χ2n) is 4.37. The molecule has 0 unspecified atom stereocenters. The lowest BCUT2D eigenvalue weighted by molar-refractivity contribution is -0.150. The highest BCUT2D eigenvalue weighted by Crippen LogP contribution is 2.28. The summed E-state index contributed by atoms with van der Waals surface area (Å²) in [7, 11) is 1.48. The molecule has 1 aliphatic heterocycles. The topological polar surface area (TPSA) is 84.9 Å². The Morgan fingerprint density at radius 3 is 2.70 bits per heavy atom. The van der Waals surface area contributed by atoms with Crippen LogP contribution in [-0.4, -0.2) is 36.3 Å². The first kappa shape index (κ1) is 14.6. The van der Waals surface area contributed by atoms with Gasteiger partial charge in [0.15, 0.2) is 6.10 Å². The Hall–Kier alpha value is -1.79. The van der Waals surface area contributed by atoms with E-state index in [1.54, 1.807) is 18.2 Å². The van der Waals surface area contributed by atoms with Gasteiger partial charge in [0, 0.05) is 11.8 Å². The smallest absolute Gasteiger partial charge is 0.332 e. The van der Waals surface area contributed by atoms with Crippen molar-refractivity contribution in [1.82, 2.24) is 0 Å². The summed E-state index contributed by atoms with van der Waals surface area (Å²) >= 11 is 5.89. The number of nitrogens with one attached hydrogen (secondary N) is 1. The molecule has 0 bridgehead atoms. The average molecular weight is 300 g/mol. The molecule has 1 saturated heterocycles. The number of anilines is 1. The van der Waals surface area contributed by atoms with Crippen LogP contribution < -0.4 is 10.1 Å². The van der Waals surface area contributed by atoms with Crippen molar-refractivity contribution in [2.75, 3.05) is 12.4 Å². The molecular weight excluding hydrogens is 286 g/mol. The predicted octanol–water partition coefficient (Wildman–Crippen LogP) is 1.92. The molecule has 1 heterocycles. The SMILES string of the molecule is COc1cc(NC(=O)[C@@H]2CC[C@H](C(=O)O)O2)ccc1Cl. The Balaban J connectivity index is 2.00. The highest BCUT2D eigenvalue weighted by atomic mass is 35.5. The molecule has 0 saturated carbocycles. The second-order valence-corrected chi connectivity index (χ2v) is 4.77. The molecular formula is C13H14ClNO5. The number of hydrogen-bond acceptors (Lipinski definition) is 4. The van der Waals surface area contributed by atoms with Crippen molar-refractivity contribution >= 4 is 29.2 Å². The van der Waals surface area contributed by atoms with E-state index in [-0.39, 0.29) is 5.91 Å². The van der Waals surface area contributed by atoms with Gasteiger partial charge in [-0.1, -0.05) is 11.6 Å². The zero-order valence-corrected chi connectivity index (χ0v) is 11.5. The molecule has 0 aromatic heterocycles. The van der Waals surface area contributed by atoms with Gasteiger partial charge in [-0.15, -0.1) is 0 Å². The molecule has 0 spiro atoms. The molecule has 108 valence electrons. The number of hydrogen-bond donors (Lipinski definition) is 2. The lowest BCUT2D eigenvalue weighted by Gasteiger charge is -2.12. The largest absolute Gasteiger partial charge is 0.495 e. The Labute approximate surface area is 120 Å². The van der Waals surface area contributed by atoms with E-state index in [1.807, 2.05) is 0 Å². The van der Waals surface area contributed by atoms with Crippen LogP contribution in [0.1, 0.15) is 12.8 Å². The molecule has 1 amide bonds. The van der Waals surface area contributed by atoms with Crippen LogP contribution >= 0.6 is 11.6 Å². The summed E-state index contributed by atoms with van der Waals surface area (Å²) in [4.78, 5) is 22.7. The zero-order valence-electron chi connectivity index (χ0n) is 10.8. The van der Waals surface area contributed by atoms with Crippen molar-refractivity contribution in [3.8, 4) is 5.75 Å². The van der Waals surface area contributed by atoms with Crippen molar-refractivity contribution in [2.24, 2.45) is 0 Å². The molecule has 20 heavy (non-hydrogen) atoms. The van der Waals surface area contributed by atoms with E-state index >= 15 is 0 Å². The maximum Gasteiger partial charge on any atom is 0.332 e. The van der Waals surface area contributed by atoms with Gasteiger partial charge in [-0.05, 0) is 25.0 Å². The van der Waals surface area contributed by atoms with Gasteiger partial charge >= 0.3 is 5.97 Å². The molecule has 2 atom stereocenters. The monoisotopic (exact) mass is 299 g/mol. The molecule has 0 radical (unpaired) electrons. The fourth-order valence-corrected chi connectivity index (χ4v) is 2.17. The predicted molar refractivity (Wildman–Crippen MR) is 72.2 cm³/mol. The van der Waals surface area contributed by atoms with Crippen LogP contribution in [-0.2, 0) is 14.3 Å². The van der Waals surface area contributed by atoms with Crippen LogP contribution in [0.3, 0.4) is 0 Å². The molecule has 2 rings (SSSR count). The molecule has 0 aliphatic carbocycles. The molecule has 1 aromatic rings. The lowest BCUT2D eigenvalue weighted by Crippen LogP contribution is -2.29. The normalized spacial score (nSPS) is 21.5. The average Bonchev–Trinajstić information content (AvgIpc) is 2.91. The zero-order chi connectivity index (χ0) is 14.7. The van der Waals surface area contributed by atoms with Crippen LogP contribution in [0.15, 0.2) is 18.2 Å².